The summed E-state index contributed by atoms with van der Waals surface area (Å²) in [6.07, 6.45) is 0.267. The molecule has 0 radical (unpaired) electrons. The van der Waals surface area contributed by atoms with E-state index in [2.05, 4.69) is 15.1 Å². The summed E-state index contributed by atoms with van der Waals surface area (Å²) >= 11 is -2.15. The predicted octanol–water partition coefficient (Wildman–Crippen LogP) is 3.78. The average molecular weight is 830 g/mol. The van der Waals surface area contributed by atoms with Crippen molar-refractivity contribution in [2.24, 2.45) is 10.2 Å². The number of Topliss-reactive ketones (excluding diaryl/α,β-unsaturated/α-hetero) is 1. The summed E-state index contributed by atoms with van der Waals surface area (Å²) in [4.78, 5) is 43.7. The van der Waals surface area contributed by atoms with Gasteiger partial charge in [-0.3, -0.25) is 4.55 Å². The first-order valence-corrected chi connectivity index (χ1v) is 21.7. The topological polar surface area (TPSA) is 205 Å². The second-order valence-electron chi connectivity index (χ2n) is 14.0. The molecule has 288 valence electrons. The third-order valence-electron chi connectivity index (χ3n) is 10.0. The number of carbonyl (C=O) groups excluding carboxylic acids is 3. The molecule has 4 N–H and O–H groups in total. The van der Waals surface area contributed by atoms with Crippen LogP contribution in [0.25, 0.3) is 21.9 Å². The number of carbonyl (C=O) groups is 3. The van der Waals surface area contributed by atoms with Crippen LogP contribution >= 0.6 is 0 Å². The number of aryl methyl sites for hydroxylation is 3. The number of nitrogens with zero attached hydrogens (tertiary/aromatic N) is 5. The average Bonchev–Trinajstić information content (AvgIpc) is 3.18. The molecule has 4 aromatic carbocycles. The van der Waals surface area contributed by atoms with Crippen LogP contribution in [0.4, 0.5) is 17.1 Å². The molecule has 2 heterocycles. The first kappa shape index (κ1) is 40.1. The molecule has 2 aliphatic rings. The molecule has 0 amide bonds. The third kappa shape index (κ3) is 9.79. The van der Waals surface area contributed by atoms with E-state index < -0.39 is 28.3 Å². The quantitative estimate of drug-likeness (QED) is 0.100. The Bertz CT molecular complexity index is 2270. The number of hydrogen-bond acceptors (Lipinski definition) is 14. The number of fused-ring (bicyclic) bond motifs is 4. The number of benzene rings is 4. The Kier molecular flexibility index (Phi) is 12.4. The van der Waals surface area contributed by atoms with Crippen molar-refractivity contribution >= 4 is 73.8 Å². The minimum atomic E-state index is -4.57. The van der Waals surface area contributed by atoms with E-state index in [1.54, 1.807) is 6.92 Å². The van der Waals surface area contributed by atoms with Crippen LogP contribution in [0.2, 0.25) is 0 Å². The number of nitrogens with two attached hydrogens (primary N) is 1. The van der Waals surface area contributed by atoms with E-state index in [0.717, 1.165) is 27.8 Å². The number of rotatable bonds is 8. The van der Waals surface area contributed by atoms with Crippen molar-refractivity contribution in [3.05, 3.63) is 76.9 Å². The van der Waals surface area contributed by atoms with Gasteiger partial charge in [-0.05, 0) is 67.3 Å². The summed E-state index contributed by atoms with van der Waals surface area (Å²) < 4.78 is 44.1. The zero-order chi connectivity index (χ0) is 39.4. The Morgan fingerprint density at radius 3 is 1.96 bits per heavy atom. The molecule has 2 atom stereocenters. The van der Waals surface area contributed by atoms with Crippen molar-refractivity contribution in [2.45, 2.75) is 32.1 Å². The van der Waals surface area contributed by atoms with Gasteiger partial charge in [-0.1, -0.05) is 24.3 Å². The van der Waals surface area contributed by atoms with Crippen LogP contribution in [0.15, 0.2) is 69.7 Å². The molecule has 0 spiro atoms. The molecule has 2 aliphatic heterocycles. The Hall–Kier alpha value is -4.62. The van der Waals surface area contributed by atoms with Gasteiger partial charge in [0.15, 0.2) is 5.75 Å². The van der Waals surface area contributed by atoms with Crippen molar-refractivity contribution in [1.29, 1.82) is 0 Å². The first-order valence-electron chi connectivity index (χ1n) is 17.8. The molecule has 0 saturated carbocycles. The standard InChI is InChI=1S/C38H44N6O9S.Ga.H/c1-23-16-27(5-4-26(23)19-29(45)20-42-10-12-43(21-34(46)47)14-15-44(13-11-42)22-35(48)49)28-6-8-31(24(2)17-28)40-41-32-9-7-30-33(54(51,52)53)18-25(3)37(39)36(30)38(32)50;;/h4-9,16-18,50H,10-15,19-22,39H2,1-3H3,(H,46,47)(H,48,49)(H,51,52,53);;/q;+2;/p-2. The third-order valence-corrected chi connectivity index (χ3v) is 12.7. The molecule has 15 nitrogen and oxygen atoms in total. The fraction of sp³-hybridized carbons (Fsp3) is 0.342. The monoisotopic (exact) mass is 828 g/mol. The molecule has 2 unspecified atom stereocenters. The van der Waals surface area contributed by atoms with Gasteiger partial charge in [-0.25, -0.2) is 0 Å². The van der Waals surface area contributed by atoms with Gasteiger partial charge in [0.25, 0.3) is 10.1 Å². The van der Waals surface area contributed by atoms with E-state index in [1.165, 1.54) is 18.2 Å². The molecule has 55 heavy (non-hydrogen) atoms. The van der Waals surface area contributed by atoms with Gasteiger partial charge >= 0.3 is 155 Å². The summed E-state index contributed by atoms with van der Waals surface area (Å²) in [6.45, 7) is 9.62. The van der Waals surface area contributed by atoms with Gasteiger partial charge in [-0.2, -0.15) is 13.5 Å². The summed E-state index contributed by atoms with van der Waals surface area (Å²) in [5, 5.41) is 19.7. The van der Waals surface area contributed by atoms with Crippen LogP contribution in [0, 0.1) is 20.8 Å². The second-order valence-corrected chi connectivity index (χ2v) is 17.1. The summed E-state index contributed by atoms with van der Waals surface area (Å²) in [5.74, 6) is -1.03. The van der Waals surface area contributed by atoms with Gasteiger partial charge in [0.1, 0.15) is 10.6 Å². The van der Waals surface area contributed by atoms with E-state index in [9.17, 15) is 32.5 Å². The van der Waals surface area contributed by atoms with Gasteiger partial charge in [0.05, 0.1) is 11.1 Å². The van der Waals surface area contributed by atoms with Crippen LogP contribution in [0.1, 0.15) is 22.3 Å². The van der Waals surface area contributed by atoms with E-state index in [1.807, 2.05) is 60.0 Å². The molecule has 17 heteroatoms. The van der Waals surface area contributed by atoms with E-state index in [0.29, 0.717) is 50.5 Å². The predicted molar refractivity (Wildman–Crippen MR) is 207 cm³/mol. The van der Waals surface area contributed by atoms with E-state index in [4.69, 9.17) is 12.8 Å². The SMILES string of the molecule is Cc1cc(-c2ccc(N=Nc3ccc4c(S(=O)(=O)O)cc(C)c(N)c4c3O)c(C)c2)ccc1CC(=O)CN1CCN2CCN(CC1)CC(=O)[O][GaH][O]C(=O)C2. The van der Waals surface area contributed by atoms with Crippen LogP contribution < -0.4 is 5.73 Å². The van der Waals surface area contributed by atoms with Crippen LogP contribution in [0.3, 0.4) is 0 Å². The Labute approximate surface area is 327 Å². The van der Waals surface area contributed by atoms with Crippen molar-refractivity contribution in [3.8, 4) is 16.9 Å². The zero-order valence-electron chi connectivity index (χ0n) is 30.9. The number of azo groups is 1. The minimum absolute atomic E-state index is 0.0602. The van der Waals surface area contributed by atoms with Gasteiger partial charge in [0, 0.05) is 11.1 Å². The number of phenols is 1. The number of hydrogen-bond donors (Lipinski definition) is 3. The van der Waals surface area contributed by atoms with Crippen LogP contribution in [-0.2, 0) is 38.0 Å². The molecule has 0 aliphatic carbocycles. The maximum atomic E-state index is 13.4. The van der Waals surface area contributed by atoms with Crippen LogP contribution in [-0.4, -0.2) is 128 Å². The van der Waals surface area contributed by atoms with Crippen LogP contribution in [0.5, 0.6) is 5.75 Å². The van der Waals surface area contributed by atoms with Crippen molar-refractivity contribution in [1.82, 2.24) is 14.7 Å². The normalized spacial score (nSPS) is 18.8. The van der Waals surface area contributed by atoms with Gasteiger partial charge in [0.2, 0.25) is 0 Å². The Morgan fingerprint density at radius 2 is 1.36 bits per heavy atom. The van der Waals surface area contributed by atoms with E-state index >= 15 is 0 Å². The number of phenolic OH excluding ortho intramolecular Hbond substituents is 1. The fourth-order valence-electron chi connectivity index (χ4n) is 6.82. The number of ketones is 1. The summed E-state index contributed by atoms with van der Waals surface area (Å²) in [7, 11) is -4.57. The van der Waals surface area contributed by atoms with Crippen molar-refractivity contribution < 1.29 is 39.5 Å². The molecule has 4 aromatic rings. The number of aromatic hydroxyl groups is 1. The zero-order valence-corrected chi connectivity index (χ0v) is 34.7. The van der Waals surface area contributed by atoms with Crippen molar-refractivity contribution in [3.63, 3.8) is 0 Å². The summed E-state index contributed by atoms with van der Waals surface area (Å²) in [5.41, 5.74) is 12.0. The van der Waals surface area contributed by atoms with Crippen molar-refractivity contribution in [2.75, 3.05) is 64.6 Å². The molecule has 6 rings (SSSR count). The second kappa shape index (κ2) is 17.0. The molecule has 2 fully saturated rings. The van der Waals surface area contributed by atoms with Gasteiger partial charge in [-0.15, -0.1) is 5.11 Å². The number of anilines is 1. The first-order chi connectivity index (χ1) is 26.2. The molecular formula is C38H43GaN6O9S. The Morgan fingerprint density at radius 1 is 0.800 bits per heavy atom. The Balaban J connectivity index is 1.12. The molecule has 2 saturated heterocycles. The molecule has 2 bridgehead atoms. The molecular weight excluding hydrogens is 786 g/mol. The molecule has 0 aromatic heterocycles. The summed E-state index contributed by atoms with van der Waals surface area (Å²) in [6, 6.07) is 15.8. The maximum absolute atomic E-state index is 13.4. The number of nitrogen functional groups attached to an aromatic ring is 1. The van der Waals surface area contributed by atoms with Gasteiger partial charge < -0.3 is 10.8 Å². The van der Waals surface area contributed by atoms with E-state index in [-0.39, 0.29) is 76.6 Å². The fourth-order valence-corrected chi connectivity index (χ4v) is 8.66.